The first-order valence-corrected chi connectivity index (χ1v) is 28.3. The van der Waals surface area contributed by atoms with Crippen LogP contribution in [0, 0.1) is 57.1 Å². The summed E-state index contributed by atoms with van der Waals surface area (Å²) < 4.78 is 27.6. The third-order valence-electron chi connectivity index (χ3n) is 13.2. The summed E-state index contributed by atoms with van der Waals surface area (Å²) in [5.41, 5.74) is 17.6. The van der Waals surface area contributed by atoms with E-state index in [0.29, 0.717) is 5.71 Å². The molecule has 15 rings (SSSR count). The van der Waals surface area contributed by atoms with Crippen LogP contribution in [-0.2, 0) is 40.2 Å². The Balaban J connectivity index is 0.000000144. The number of rotatable bonds is 7. The number of nitrogens with zero attached hydrogens (tertiary/aromatic N) is 7. The summed E-state index contributed by atoms with van der Waals surface area (Å²) in [6, 6.07) is 105. The van der Waals surface area contributed by atoms with Crippen LogP contribution in [0.3, 0.4) is 0 Å². The summed E-state index contributed by atoms with van der Waals surface area (Å²) in [5, 5.41) is 2.07. The number of hydrogen-bond acceptors (Lipinski definition) is 8. The number of benzene rings is 7. The van der Waals surface area contributed by atoms with Gasteiger partial charge in [-0.1, -0.05) is 108 Å². The first-order chi connectivity index (χ1) is 44.6. The van der Waals surface area contributed by atoms with E-state index < -0.39 is 6.85 Å². The molecule has 0 bridgehead atoms. The third kappa shape index (κ3) is 19.1. The molecular weight excluding hydrogens is 1460 g/mol. The van der Waals surface area contributed by atoms with Crippen LogP contribution in [0.5, 0.6) is 0 Å². The standard InChI is InChI=1S/C17H11N2O.C17H12N.2C12H10N.2C11H8N.2Ir/c1-11-8-9-13-12-5-4-6-14(15-7-2-3-10-18-15)16(12)20-17(13)19-11;1-3-7-14(8-4-1)16-11-12-18-17(13-16)15-9-5-2-6-10-15;2*1-10-7-8-12(13-9-10)11-5-3-2-4-6-11;2*1-2-6-10(7-3-1)11-8-4-5-9-12-11;;/h2-5,7-10H,1H3;1-9,11-13H;2*2-5,7-9H,1H3;2*1-6,8-9H;;/q6*-1;2*+3/i;;1D3;;;;;. The number of fused-ring (bicyclic) bond motifs is 3. The molecule has 0 unspecified atom stereocenters. The Morgan fingerprint density at radius 3 is 1.22 bits per heavy atom. The van der Waals surface area contributed by atoms with Gasteiger partial charge in [0.25, 0.3) is 0 Å². The molecule has 0 saturated heterocycles. The molecule has 0 radical (unpaired) electrons. The van der Waals surface area contributed by atoms with Crippen molar-refractivity contribution in [3.8, 4) is 78.7 Å². The first kappa shape index (κ1) is 61.3. The van der Waals surface area contributed by atoms with Gasteiger partial charge in [0.15, 0.2) is 0 Å². The molecule has 0 aliphatic heterocycles. The van der Waals surface area contributed by atoms with Crippen LogP contribution >= 0.6 is 0 Å². The molecule has 0 N–H and O–H groups in total. The molecule has 0 spiro atoms. The van der Waals surface area contributed by atoms with E-state index in [4.69, 9.17) is 8.53 Å². The van der Waals surface area contributed by atoms with E-state index in [1.165, 1.54) is 22.9 Å². The van der Waals surface area contributed by atoms with Crippen LogP contribution in [0.25, 0.3) is 101 Å². The number of pyridine rings is 7. The van der Waals surface area contributed by atoms with Crippen molar-refractivity contribution in [1.29, 1.82) is 0 Å². The fraction of sp³-hybridized carbons (Fsp3) is 0.0375. The van der Waals surface area contributed by atoms with Crippen molar-refractivity contribution in [2.75, 3.05) is 0 Å². The zero-order valence-corrected chi connectivity index (χ0v) is 53.9. The average Bonchev–Trinajstić information content (AvgIpc) is 1.67. The second-order valence-corrected chi connectivity index (χ2v) is 19.5. The van der Waals surface area contributed by atoms with Crippen molar-refractivity contribution >= 4 is 22.1 Å². The molecule has 8 nitrogen and oxygen atoms in total. The summed E-state index contributed by atoms with van der Waals surface area (Å²) in [4.78, 5) is 30.1. The van der Waals surface area contributed by atoms with Crippen molar-refractivity contribution in [3.63, 3.8) is 0 Å². The van der Waals surface area contributed by atoms with Gasteiger partial charge in [0.05, 0.1) is 5.58 Å². The van der Waals surface area contributed by atoms with Gasteiger partial charge in [-0.15, -0.1) is 198 Å². The minimum absolute atomic E-state index is 0. The van der Waals surface area contributed by atoms with Gasteiger partial charge in [-0.05, 0) is 114 Å². The molecule has 438 valence electrons. The topological polar surface area (TPSA) is 103 Å². The molecule has 8 heterocycles. The zero-order chi connectivity index (χ0) is 62.9. The molecule has 10 heteroatoms. The first-order valence-electron chi connectivity index (χ1n) is 29.8. The molecule has 15 aromatic rings. The van der Waals surface area contributed by atoms with Crippen LogP contribution in [0.15, 0.2) is 309 Å². The van der Waals surface area contributed by atoms with Crippen molar-refractivity contribution < 1.29 is 48.7 Å². The Labute approximate surface area is 558 Å². The maximum Gasteiger partial charge on any atom is 3.00 e. The van der Waals surface area contributed by atoms with Crippen molar-refractivity contribution in [2.45, 2.75) is 20.7 Å². The van der Waals surface area contributed by atoms with Crippen molar-refractivity contribution in [2.24, 2.45) is 0 Å². The monoisotopic (exact) mass is 1520 g/mol. The van der Waals surface area contributed by atoms with E-state index in [2.05, 4.69) is 95.6 Å². The quantitative estimate of drug-likeness (QED) is 0.145. The maximum atomic E-state index is 7.23. The minimum Gasteiger partial charge on any atom is -0.486 e. The second-order valence-electron chi connectivity index (χ2n) is 19.5. The Kier molecular flexibility index (Phi) is 23.8. The summed E-state index contributed by atoms with van der Waals surface area (Å²) in [6.07, 6.45) is 10.5. The molecule has 7 aromatic carbocycles. The van der Waals surface area contributed by atoms with Crippen LogP contribution in [0.2, 0.25) is 0 Å². The van der Waals surface area contributed by atoms with Gasteiger partial charge < -0.3 is 34.3 Å². The van der Waals surface area contributed by atoms with E-state index >= 15 is 0 Å². The predicted molar refractivity (Wildman–Crippen MR) is 356 cm³/mol. The SMILES string of the molecule is Cc1ccc(-c2[c-]cccc2)nc1.Cc1ccc2c(n1)oc1c(-c3ccccn3)[c-]ccc12.[2H]C([2H])([2H])c1ccc(-c2[c-]cccc2)nc1.[Ir+3].[Ir+3].[c-]1ccccc1-c1cc(-c2ccccc2)ccn1.[c-]1ccccc1-c1ccccn1.[c-]1ccccc1-c1ccccn1. The minimum atomic E-state index is -2.09. The van der Waals surface area contributed by atoms with Crippen molar-refractivity contribution in [3.05, 3.63) is 357 Å². The van der Waals surface area contributed by atoms with E-state index in [9.17, 15) is 0 Å². The average molecular weight is 1520 g/mol. The van der Waals surface area contributed by atoms with E-state index in [-0.39, 0.29) is 45.8 Å². The number of aromatic nitrogens is 7. The number of hydrogen-bond donors (Lipinski definition) is 0. The Morgan fingerprint density at radius 2 is 0.778 bits per heavy atom. The largest absolute Gasteiger partial charge is 3.00 e. The molecule has 90 heavy (non-hydrogen) atoms. The number of aryl methyl sites for hydroxylation is 3. The van der Waals surface area contributed by atoms with E-state index in [1.54, 1.807) is 36.8 Å². The summed E-state index contributed by atoms with van der Waals surface area (Å²) in [6.45, 7) is 1.90. The van der Waals surface area contributed by atoms with Crippen LogP contribution in [0.4, 0.5) is 0 Å². The normalized spacial score (nSPS) is 10.6. The Bertz CT molecular complexity index is 4390. The summed E-state index contributed by atoms with van der Waals surface area (Å²) in [7, 11) is 0. The Hall–Kier alpha value is -10.3. The molecule has 0 aliphatic carbocycles. The van der Waals surface area contributed by atoms with Gasteiger partial charge in [0, 0.05) is 52.4 Å². The number of furan rings is 1. The van der Waals surface area contributed by atoms with E-state index in [0.717, 1.165) is 89.6 Å². The molecule has 0 saturated carbocycles. The van der Waals surface area contributed by atoms with Gasteiger partial charge in [-0.2, -0.15) is 0 Å². The van der Waals surface area contributed by atoms with Gasteiger partial charge >= 0.3 is 40.2 Å². The summed E-state index contributed by atoms with van der Waals surface area (Å²) >= 11 is 0. The third-order valence-corrected chi connectivity index (χ3v) is 13.2. The zero-order valence-electron chi connectivity index (χ0n) is 52.1. The molecule has 0 atom stereocenters. The van der Waals surface area contributed by atoms with Gasteiger partial charge in [0.1, 0.15) is 0 Å². The van der Waals surface area contributed by atoms with E-state index in [1.807, 2.05) is 251 Å². The molecule has 0 amide bonds. The fourth-order valence-corrected chi connectivity index (χ4v) is 8.79. The fourth-order valence-electron chi connectivity index (χ4n) is 8.79. The maximum absolute atomic E-state index is 7.23. The molecule has 0 fully saturated rings. The predicted octanol–water partition coefficient (Wildman–Crippen LogP) is 19.2. The van der Waals surface area contributed by atoms with Crippen LogP contribution in [0.1, 0.15) is 20.9 Å². The molecular formula is C80H59Ir2N7O. The van der Waals surface area contributed by atoms with Gasteiger partial charge in [0.2, 0.25) is 5.71 Å². The van der Waals surface area contributed by atoms with Crippen LogP contribution < -0.4 is 0 Å². The van der Waals surface area contributed by atoms with Crippen LogP contribution in [-0.4, -0.2) is 34.9 Å². The van der Waals surface area contributed by atoms with Gasteiger partial charge in [-0.25, -0.2) is 4.98 Å². The van der Waals surface area contributed by atoms with Crippen molar-refractivity contribution in [1.82, 2.24) is 34.9 Å². The smallest absolute Gasteiger partial charge is 0.486 e. The molecule has 0 aliphatic rings. The molecule has 8 aromatic heterocycles. The van der Waals surface area contributed by atoms with Gasteiger partial charge in [-0.3, -0.25) is 0 Å². The Morgan fingerprint density at radius 1 is 0.333 bits per heavy atom. The summed E-state index contributed by atoms with van der Waals surface area (Å²) in [5.74, 6) is 0. The second kappa shape index (κ2) is 34.9.